The third-order valence-corrected chi connectivity index (χ3v) is 2.94. The number of anilines is 1. The van der Waals surface area contributed by atoms with Crippen LogP contribution in [0.5, 0.6) is 0 Å². The molecular formula is C12H14ClN3O5. The van der Waals surface area contributed by atoms with Crippen LogP contribution < -0.4 is 10.6 Å². The van der Waals surface area contributed by atoms with Gasteiger partial charge in [-0.15, -0.1) is 0 Å². The molecule has 2 amide bonds. The quantitative estimate of drug-likeness (QED) is 0.569. The van der Waals surface area contributed by atoms with E-state index in [-0.39, 0.29) is 22.3 Å². The number of nitro benzene ring substituents is 1. The number of nitro groups is 1. The average molecular weight is 316 g/mol. The predicted molar refractivity (Wildman–Crippen MR) is 76.5 cm³/mol. The number of rotatable bonds is 5. The Morgan fingerprint density at radius 2 is 2.00 bits per heavy atom. The summed E-state index contributed by atoms with van der Waals surface area (Å²) < 4.78 is 0. The molecule has 1 rings (SSSR count). The van der Waals surface area contributed by atoms with E-state index in [1.165, 1.54) is 12.1 Å². The summed E-state index contributed by atoms with van der Waals surface area (Å²) in [6.07, 6.45) is 0. The smallest absolute Gasteiger partial charge is 0.326 e. The van der Waals surface area contributed by atoms with Crippen LogP contribution in [0.25, 0.3) is 0 Å². The molecule has 0 fully saturated rings. The van der Waals surface area contributed by atoms with E-state index in [1.54, 1.807) is 13.8 Å². The van der Waals surface area contributed by atoms with Gasteiger partial charge >= 0.3 is 12.0 Å². The van der Waals surface area contributed by atoms with Crippen molar-refractivity contribution in [2.75, 3.05) is 5.32 Å². The number of carbonyl (C=O) groups is 2. The first-order valence-electron chi connectivity index (χ1n) is 5.96. The molecule has 0 aliphatic rings. The molecule has 1 aromatic carbocycles. The number of nitrogens with zero attached hydrogens (tertiary/aromatic N) is 1. The highest BCUT2D eigenvalue weighted by molar-refractivity contribution is 6.32. The van der Waals surface area contributed by atoms with Gasteiger partial charge in [0, 0.05) is 11.8 Å². The molecule has 0 heterocycles. The van der Waals surface area contributed by atoms with Gasteiger partial charge in [-0.1, -0.05) is 25.4 Å². The lowest BCUT2D eigenvalue weighted by molar-refractivity contribution is -0.384. The number of hydrogen-bond donors (Lipinski definition) is 3. The molecule has 0 saturated heterocycles. The van der Waals surface area contributed by atoms with E-state index in [0.717, 1.165) is 6.07 Å². The fraction of sp³-hybridized carbons (Fsp3) is 0.333. The molecule has 3 N–H and O–H groups in total. The Kier molecular flexibility index (Phi) is 5.48. The summed E-state index contributed by atoms with van der Waals surface area (Å²) in [4.78, 5) is 32.7. The number of carbonyl (C=O) groups excluding carboxylic acids is 1. The Hall–Kier alpha value is -2.35. The largest absolute Gasteiger partial charge is 0.480 e. The van der Waals surface area contributed by atoms with Crippen molar-refractivity contribution in [3.63, 3.8) is 0 Å². The number of aliphatic carboxylic acids is 1. The molecule has 0 saturated carbocycles. The molecular weight excluding hydrogens is 302 g/mol. The number of amides is 2. The standard InChI is InChI=1S/C12H14ClN3O5/c1-6(2)10(11(17)18)15-12(19)14-7-3-4-8(13)9(5-7)16(20)21/h3-6,10H,1-2H3,(H,17,18)(H2,14,15,19). The third kappa shape index (κ3) is 4.60. The van der Waals surface area contributed by atoms with Crippen LogP contribution in [0.2, 0.25) is 5.02 Å². The zero-order valence-corrected chi connectivity index (χ0v) is 12.0. The zero-order valence-electron chi connectivity index (χ0n) is 11.3. The predicted octanol–water partition coefficient (Wildman–Crippen LogP) is 2.48. The highest BCUT2D eigenvalue weighted by Gasteiger charge is 2.23. The number of benzene rings is 1. The van der Waals surface area contributed by atoms with Gasteiger partial charge in [0.25, 0.3) is 5.69 Å². The van der Waals surface area contributed by atoms with E-state index in [0.29, 0.717) is 0 Å². The molecule has 0 aliphatic heterocycles. The van der Waals surface area contributed by atoms with E-state index in [9.17, 15) is 19.7 Å². The number of urea groups is 1. The topological polar surface area (TPSA) is 122 Å². The fourth-order valence-electron chi connectivity index (χ4n) is 1.55. The monoisotopic (exact) mass is 315 g/mol. The lowest BCUT2D eigenvalue weighted by Crippen LogP contribution is -2.46. The summed E-state index contributed by atoms with van der Waals surface area (Å²) in [6, 6.07) is 1.90. The summed E-state index contributed by atoms with van der Waals surface area (Å²) in [5.41, 5.74) is -0.218. The summed E-state index contributed by atoms with van der Waals surface area (Å²) in [7, 11) is 0. The second-order valence-corrected chi connectivity index (χ2v) is 4.99. The lowest BCUT2D eigenvalue weighted by atomic mass is 10.1. The van der Waals surface area contributed by atoms with Crippen LogP contribution in [0.1, 0.15) is 13.8 Å². The van der Waals surface area contributed by atoms with Gasteiger partial charge in [-0.2, -0.15) is 0 Å². The summed E-state index contributed by atoms with van der Waals surface area (Å²) in [6.45, 7) is 3.29. The molecule has 21 heavy (non-hydrogen) atoms. The van der Waals surface area contributed by atoms with Gasteiger partial charge in [0.05, 0.1) is 4.92 Å². The number of carboxylic acids is 1. The van der Waals surface area contributed by atoms with Gasteiger partial charge in [-0.25, -0.2) is 9.59 Å². The van der Waals surface area contributed by atoms with Crippen molar-refractivity contribution in [1.82, 2.24) is 5.32 Å². The molecule has 8 nitrogen and oxygen atoms in total. The van der Waals surface area contributed by atoms with Gasteiger partial charge in [-0.05, 0) is 18.1 Å². The van der Waals surface area contributed by atoms with Crippen LogP contribution in [-0.2, 0) is 4.79 Å². The number of halogens is 1. The summed E-state index contributed by atoms with van der Waals surface area (Å²) in [5, 5.41) is 24.2. The molecule has 9 heteroatoms. The van der Waals surface area contributed by atoms with Crippen molar-refractivity contribution in [2.45, 2.75) is 19.9 Å². The Balaban J connectivity index is 2.82. The van der Waals surface area contributed by atoms with E-state index >= 15 is 0 Å². The maximum Gasteiger partial charge on any atom is 0.326 e. The Morgan fingerprint density at radius 3 is 2.48 bits per heavy atom. The van der Waals surface area contributed by atoms with Crippen molar-refractivity contribution in [3.05, 3.63) is 33.3 Å². The lowest BCUT2D eigenvalue weighted by Gasteiger charge is -2.18. The van der Waals surface area contributed by atoms with Crippen LogP contribution in [0.4, 0.5) is 16.2 Å². The molecule has 1 unspecified atom stereocenters. The van der Waals surface area contributed by atoms with Gasteiger partial charge in [0.2, 0.25) is 0 Å². The Bertz CT molecular complexity index is 576. The van der Waals surface area contributed by atoms with Gasteiger partial charge in [0.1, 0.15) is 11.1 Å². The minimum atomic E-state index is -1.16. The molecule has 0 radical (unpaired) electrons. The van der Waals surface area contributed by atoms with E-state index < -0.39 is 23.0 Å². The van der Waals surface area contributed by atoms with E-state index in [4.69, 9.17) is 16.7 Å². The highest BCUT2D eigenvalue weighted by atomic mass is 35.5. The first-order chi connectivity index (χ1) is 9.72. The van der Waals surface area contributed by atoms with Crippen molar-refractivity contribution < 1.29 is 19.6 Å². The zero-order chi connectivity index (χ0) is 16.2. The van der Waals surface area contributed by atoms with Crippen molar-refractivity contribution in [1.29, 1.82) is 0 Å². The van der Waals surface area contributed by atoms with Gasteiger partial charge in [-0.3, -0.25) is 10.1 Å². The second kappa shape index (κ2) is 6.89. The number of carboxylic acid groups (broad SMARTS) is 1. The minimum Gasteiger partial charge on any atom is -0.480 e. The molecule has 114 valence electrons. The molecule has 0 spiro atoms. The average Bonchev–Trinajstić information content (AvgIpc) is 2.37. The normalized spacial score (nSPS) is 11.8. The van der Waals surface area contributed by atoms with Crippen LogP contribution in [0.15, 0.2) is 18.2 Å². The van der Waals surface area contributed by atoms with Gasteiger partial charge in [0.15, 0.2) is 0 Å². The Morgan fingerprint density at radius 1 is 1.38 bits per heavy atom. The first kappa shape index (κ1) is 16.7. The van der Waals surface area contributed by atoms with Crippen LogP contribution in [0.3, 0.4) is 0 Å². The number of hydrogen-bond acceptors (Lipinski definition) is 4. The Labute approximate surface area is 125 Å². The molecule has 1 aromatic rings. The van der Waals surface area contributed by atoms with E-state index in [2.05, 4.69) is 10.6 Å². The molecule has 0 aromatic heterocycles. The van der Waals surface area contributed by atoms with Gasteiger partial charge < -0.3 is 15.7 Å². The molecule has 1 atom stereocenters. The summed E-state index contributed by atoms with van der Waals surface area (Å²) in [5.74, 6) is -1.48. The van der Waals surface area contributed by atoms with Crippen molar-refractivity contribution >= 4 is 35.0 Å². The SMILES string of the molecule is CC(C)C(NC(=O)Nc1ccc(Cl)c([N+](=O)[O-])c1)C(=O)O. The fourth-order valence-corrected chi connectivity index (χ4v) is 1.74. The maximum absolute atomic E-state index is 11.7. The van der Waals surface area contributed by atoms with Crippen molar-refractivity contribution in [2.24, 2.45) is 5.92 Å². The summed E-state index contributed by atoms with van der Waals surface area (Å²) >= 11 is 5.65. The van der Waals surface area contributed by atoms with Crippen LogP contribution in [-0.4, -0.2) is 28.1 Å². The third-order valence-electron chi connectivity index (χ3n) is 2.62. The second-order valence-electron chi connectivity index (χ2n) is 4.58. The maximum atomic E-state index is 11.7. The molecule has 0 aliphatic carbocycles. The first-order valence-corrected chi connectivity index (χ1v) is 6.34. The van der Waals surface area contributed by atoms with Crippen molar-refractivity contribution in [3.8, 4) is 0 Å². The molecule has 0 bridgehead atoms. The van der Waals surface area contributed by atoms with E-state index in [1.807, 2.05) is 0 Å². The highest BCUT2D eigenvalue weighted by Crippen LogP contribution is 2.27. The van der Waals surface area contributed by atoms with Crippen LogP contribution in [0, 0.1) is 16.0 Å². The van der Waals surface area contributed by atoms with Crippen LogP contribution >= 0.6 is 11.6 Å². The minimum absolute atomic E-state index is 0.0587. The number of nitrogens with one attached hydrogen (secondary N) is 2.